The molecular weight excluding hydrogens is 389 g/mol. The molecule has 0 spiro atoms. The van der Waals surface area contributed by atoms with E-state index < -0.39 is 24.0 Å². The van der Waals surface area contributed by atoms with Gasteiger partial charge in [0.1, 0.15) is 18.6 Å². The van der Waals surface area contributed by atoms with Crippen LogP contribution in [0.2, 0.25) is 0 Å². The van der Waals surface area contributed by atoms with Crippen LogP contribution in [0.3, 0.4) is 0 Å². The van der Waals surface area contributed by atoms with Crippen LogP contribution < -0.4 is 15.7 Å². The van der Waals surface area contributed by atoms with Gasteiger partial charge in [-0.2, -0.15) is 5.10 Å². The normalized spacial score (nSPS) is 12.4. The van der Waals surface area contributed by atoms with Gasteiger partial charge < -0.3 is 10.1 Å². The van der Waals surface area contributed by atoms with Gasteiger partial charge in [0.15, 0.2) is 0 Å². The fraction of sp³-hybridized carbons (Fsp3) is 0.211. The largest absolute Gasteiger partial charge is 0.573 e. The second kappa shape index (κ2) is 8.21. The van der Waals surface area contributed by atoms with Gasteiger partial charge in [-0.3, -0.25) is 4.79 Å². The maximum Gasteiger partial charge on any atom is 0.573 e. The highest BCUT2D eigenvalue weighted by Crippen LogP contribution is 2.24. The van der Waals surface area contributed by atoms with E-state index in [1.54, 1.807) is 31.2 Å². The molecule has 0 aliphatic rings. The summed E-state index contributed by atoms with van der Waals surface area (Å²) in [5.41, 5.74) is 0.737. The molecule has 0 bridgehead atoms. The second-order valence-corrected chi connectivity index (χ2v) is 6.18. The summed E-state index contributed by atoms with van der Waals surface area (Å²) in [6.45, 7) is 1.38. The minimum atomic E-state index is -4.77. The molecule has 152 valence electrons. The number of aromatic nitrogens is 3. The Bertz CT molecular complexity index is 1030. The summed E-state index contributed by atoms with van der Waals surface area (Å²) in [6, 6.07) is 13.5. The number of benzene rings is 2. The molecule has 2 aromatic carbocycles. The number of alkyl halides is 3. The van der Waals surface area contributed by atoms with Gasteiger partial charge in [0.05, 0.1) is 11.7 Å². The molecule has 0 radical (unpaired) electrons. The number of carbonyl (C=O) groups is 1. The summed E-state index contributed by atoms with van der Waals surface area (Å²) >= 11 is 0. The number of ether oxygens (including phenoxy) is 1. The molecule has 7 nitrogen and oxygen atoms in total. The summed E-state index contributed by atoms with van der Waals surface area (Å²) in [4.78, 5) is 24.6. The molecule has 10 heteroatoms. The Labute approximate surface area is 163 Å². The second-order valence-electron chi connectivity index (χ2n) is 6.18. The van der Waals surface area contributed by atoms with Gasteiger partial charge >= 0.3 is 12.1 Å². The van der Waals surface area contributed by atoms with Crippen LogP contribution in [0.25, 0.3) is 5.69 Å². The van der Waals surface area contributed by atoms with Crippen LogP contribution in [0.4, 0.5) is 13.2 Å². The summed E-state index contributed by atoms with van der Waals surface area (Å²) in [6.07, 6.45) is -3.44. The van der Waals surface area contributed by atoms with E-state index in [0.29, 0.717) is 11.3 Å². The number of rotatable bonds is 6. The molecule has 0 aliphatic carbocycles. The molecule has 1 heterocycles. The van der Waals surface area contributed by atoms with Crippen LogP contribution in [0, 0.1) is 0 Å². The van der Waals surface area contributed by atoms with Crippen molar-refractivity contribution in [3.63, 3.8) is 0 Å². The van der Waals surface area contributed by atoms with Gasteiger partial charge in [0, 0.05) is 0 Å². The van der Waals surface area contributed by atoms with E-state index in [1.165, 1.54) is 23.0 Å². The third-order valence-corrected chi connectivity index (χ3v) is 4.05. The smallest absolute Gasteiger partial charge is 0.406 e. The molecule has 3 rings (SSSR count). The van der Waals surface area contributed by atoms with Crippen molar-refractivity contribution in [3.05, 3.63) is 77.0 Å². The van der Waals surface area contributed by atoms with Gasteiger partial charge in [0.25, 0.3) is 0 Å². The van der Waals surface area contributed by atoms with Crippen LogP contribution in [-0.2, 0) is 11.3 Å². The first-order valence-electron chi connectivity index (χ1n) is 8.58. The number of halogens is 3. The van der Waals surface area contributed by atoms with E-state index in [4.69, 9.17) is 0 Å². The maximum atomic E-state index is 12.4. The summed E-state index contributed by atoms with van der Waals surface area (Å²) < 4.78 is 42.8. The molecule has 0 fully saturated rings. The fourth-order valence-corrected chi connectivity index (χ4v) is 2.68. The van der Waals surface area contributed by atoms with Crippen LogP contribution >= 0.6 is 0 Å². The Morgan fingerprint density at radius 3 is 2.41 bits per heavy atom. The third-order valence-electron chi connectivity index (χ3n) is 4.05. The van der Waals surface area contributed by atoms with Crippen molar-refractivity contribution in [2.24, 2.45) is 0 Å². The number of nitrogens with zero attached hydrogens (tertiary/aromatic N) is 3. The molecule has 1 atom stereocenters. The molecule has 1 N–H and O–H groups in total. The Morgan fingerprint density at radius 2 is 1.79 bits per heavy atom. The molecule has 3 aromatic rings. The zero-order valence-corrected chi connectivity index (χ0v) is 15.3. The number of hydrogen-bond donors (Lipinski definition) is 1. The lowest BCUT2D eigenvalue weighted by atomic mass is 10.1. The maximum absolute atomic E-state index is 12.4. The number of amides is 1. The minimum absolute atomic E-state index is 0.293. The van der Waals surface area contributed by atoms with E-state index in [9.17, 15) is 22.8 Å². The van der Waals surface area contributed by atoms with Gasteiger partial charge in [-0.05, 0) is 36.8 Å². The van der Waals surface area contributed by atoms with Crippen LogP contribution in [-0.4, -0.2) is 26.6 Å². The van der Waals surface area contributed by atoms with E-state index in [1.807, 2.05) is 6.07 Å². The topological polar surface area (TPSA) is 78.2 Å². The molecule has 1 aromatic heterocycles. The predicted octanol–water partition coefficient (Wildman–Crippen LogP) is 2.81. The van der Waals surface area contributed by atoms with Crippen molar-refractivity contribution < 1.29 is 22.7 Å². The van der Waals surface area contributed by atoms with Crippen molar-refractivity contribution >= 4 is 5.91 Å². The Kier molecular flexibility index (Phi) is 5.71. The Balaban J connectivity index is 1.62. The Morgan fingerprint density at radius 1 is 1.14 bits per heavy atom. The number of hydrogen-bond acceptors (Lipinski definition) is 4. The van der Waals surface area contributed by atoms with E-state index in [-0.39, 0.29) is 12.3 Å². The van der Waals surface area contributed by atoms with Crippen molar-refractivity contribution in [2.45, 2.75) is 25.9 Å². The summed E-state index contributed by atoms with van der Waals surface area (Å²) in [5.74, 6) is -0.814. The van der Waals surface area contributed by atoms with Crippen LogP contribution in [0.5, 0.6) is 5.75 Å². The van der Waals surface area contributed by atoms with Gasteiger partial charge in [-0.1, -0.05) is 30.3 Å². The van der Waals surface area contributed by atoms with Gasteiger partial charge in [-0.25, -0.2) is 14.0 Å². The molecule has 29 heavy (non-hydrogen) atoms. The molecule has 0 unspecified atom stereocenters. The first-order chi connectivity index (χ1) is 13.7. The number of carbonyl (C=O) groups excluding carboxylic acids is 1. The lowest BCUT2D eigenvalue weighted by Crippen LogP contribution is -2.34. The standard InChI is InChI=1S/C19H17F3N4O3/c1-13(14-7-9-16(10-8-14)29-19(20,21)22)24-17(27)11-26-18(28)25(12-23-26)15-5-3-2-4-6-15/h2-10,12-13H,11H2,1H3,(H,24,27)/t13-/m0/s1. The molecule has 0 aliphatic heterocycles. The van der Waals surface area contributed by atoms with E-state index >= 15 is 0 Å². The fourth-order valence-electron chi connectivity index (χ4n) is 2.68. The monoisotopic (exact) mass is 406 g/mol. The van der Waals surface area contributed by atoms with Gasteiger partial charge in [0.2, 0.25) is 5.91 Å². The van der Waals surface area contributed by atoms with Gasteiger partial charge in [-0.15, -0.1) is 13.2 Å². The summed E-state index contributed by atoms with van der Waals surface area (Å²) in [5, 5.41) is 6.62. The highest BCUT2D eigenvalue weighted by molar-refractivity contribution is 5.76. The predicted molar refractivity (Wildman–Crippen MR) is 97.5 cm³/mol. The molecule has 0 saturated heterocycles. The van der Waals surface area contributed by atoms with E-state index in [0.717, 1.165) is 16.8 Å². The van der Waals surface area contributed by atoms with Crippen LogP contribution in [0.1, 0.15) is 18.5 Å². The lowest BCUT2D eigenvalue weighted by Gasteiger charge is -2.15. The van der Waals surface area contributed by atoms with Crippen molar-refractivity contribution in [3.8, 4) is 11.4 Å². The Hall–Kier alpha value is -3.56. The zero-order chi connectivity index (χ0) is 21.0. The van der Waals surface area contributed by atoms with E-state index in [2.05, 4.69) is 15.2 Å². The van der Waals surface area contributed by atoms with Crippen molar-refractivity contribution in [1.29, 1.82) is 0 Å². The zero-order valence-electron chi connectivity index (χ0n) is 15.3. The quantitative estimate of drug-likeness (QED) is 0.683. The molecule has 1 amide bonds. The number of para-hydroxylation sites is 1. The average Bonchev–Trinajstić information content (AvgIpc) is 3.02. The van der Waals surface area contributed by atoms with Crippen LogP contribution in [0.15, 0.2) is 65.7 Å². The SMILES string of the molecule is C[C@H](NC(=O)Cn1ncn(-c2ccccc2)c1=O)c1ccc(OC(F)(F)F)cc1. The first kappa shape index (κ1) is 20.2. The number of nitrogens with one attached hydrogen (secondary N) is 1. The minimum Gasteiger partial charge on any atom is -0.406 e. The third kappa shape index (κ3) is 5.24. The highest BCUT2D eigenvalue weighted by Gasteiger charge is 2.31. The first-order valence-corrected chi connectivity index (χ1v) is 8.58. The lowest BCUT2D eigenvalue weighted by molar-refractivity contribution is -0.274. The highest BCUT2D eigenvalue weighted by atomic mass is 19.4. The molecule has 0 saturated carbocycles. The molecular formula is C19H17F3N4O3. The average molecular weight is 406 g/mol. The summed E-state index contributed by atoms with van der Waals surface area (Å²) in [7, 11) is 0. The van der Waals surface area contributed by atoms with Crippen molar-refractivity contribution in [1.82, 2.24) is 19.7 Å². The van der Waals surface area contributed by atoms with Crippen molar-refractivity contribution in [2.75, 3.05) is 0 Å².